The number of fused-ring (bicyclic) bond motifs is 1. The fraction of sp³-hybridized carbons (Fsp3) is 0.146. The Morgan fingerprint density at radius 1 is 0.781 bits per heavy atom. The number of ether oxygens (including phenoxy) is 1. The van der Waals surface area contributed by atoms with E-state index in [1.165, 1.54) is 39.3 Å². The maximum atomic E-state index is 14.7. The zero-order valence-corrected chi connectivity index (χ0v) is 36.7. The first-order valence-electron chi connectivity index (χ1n) is 20.3. The van der Waals surface area contributed by atoms with Gasteiger partial charge in [-0.25, -0.2) is 9.78 Å². The number of anilines is 2. The lowest BCUT2D eigenvalue weighted by Crippen LogP contribution is -2.72. The van der Waals surface area contributed by atoms with Crippen molar-refractivity contribution in [2.75, 3.05) is 11.5 Å². The van der Waals surface area contributed by atoms with E-state index in [4.69, 9.17) is 21.0 Å². The maximum Gasteiger partial charge on any atom is 0.356 e. The van der Waals surface area contributed by atoms with Crippen molar-refractivity contribution in [2.24, 2.45) is 5.16 Å². The first-order chi connectivity index (χ1) is 31.2. The van der Waals surface area contributed by atoms with Crippen LogP contribution in [0.2, 0.25) is 0 Å². The van der Waals surface area contributed by atoms with Crippen molar-refractivity contribution in [2.45, 2.75) is 47.9 Å². The number of nitrogens with two attached hydrogens (primary N) is 2. The number of esters is 1. The van der Waals surface area contributed by atoms with Gasteiger partial charge in [0.2, 0.25) is 10.7 Å². The van der Waals surface area contributed by atoms with E-state index in [0.717, 1.165) is 27.8 Å². The SMILES string of the molecule is Cc1sc(N)nc1/C(=N/OC(c1ccccc1)(c1ccccc1)c1ccccc1)C(=O)N[C@H]1C(=O)N2C(C(=O)OC(c3ccccc3)c3ccccc3)=C(Sc3nnc(N)s3)CCC12. The van der Waals surface area contributed by atoms with Crippen molar-refractivity contribution in [1.29, 1.82) is 0 Å². The molecule has 2 aliphatic rings. The van der Waals surface area contributed by atoms with Crippen LogP contribution >= 0.6 is 34.4 Å². The van der Waals surface area contributed by atoms with Crippen LogP contribution in [-0.2, 0) is 29.6 Å². The highest BCUT2D eigenvalue weighted by molar-refractivity contribution is 8.04. The number of β-lactam (4-membered cyclic amide) rings is 1. The minimum Gasteiger partial charge on any atom is -0.448 e. The molecule has 320 valence electrons. The van der Waals surface area contributed by atoms with Crippen LogP contribution in [0.15, 0.2) is 172 Å². The molecule has 0 bridgehead atoms. The molecular formula is C48H40N8O5S3. The summed E-state index contributed by atoms with van der Waals surface area (Å²) in [7, 11) is 0. The van der Waals surface area contributed by atoms with E-state index in [1.807, 2.05) is 152 Å². The lowest BCUT2D eigenvalue weighted by atomic mass is 9.80. The second-order valence-corrected chi connectivity index (χ2v) is 18.5. The number of hydrogen-bond acceptors (Lipinski definition) is 14. The Balaban J connectivity index is 1.06. The number of nitrogens with one attached hydrogen (secondary N) is 1. The summed E-state index contributed by atoms with van der Waals surface area (Å²) >= 11 is 3.59. The molecule has 2 atom stereocenters. The van der Waals surface area contributed by atoms with Gasteiger partial charge in [-0.2, -0.15) is 0 Å². The molecule has 2 aromatic heterocycles. The number of oxime groups is 1. The molecular weight excluding hydrogens is 865 g/mol. The number of allylic oxidation sites excluding steroid dienone is 1. The third-order valence-corrected chi connectivity index (χ3v) is 13.7. The monoisotopic (exact) mass is 904 g/mol. The van der Waals surface area contributed by atoms with Gasteiger partial charge >= 0.3 is 5.97 Å². The van der Waals surface area contributed by atoms with Gasteiger partial charge in [-0.3, -0.25) is 14.5 Å². The summed E-state index contributed by atoms with van der Waals surface area (Å²) in [5, 5.41) is 16.2. The molecule has 0 radical (unpaired) electrons. The first kappa shape index (κ1) is 42.2. The average molecular weight is 905 g/mol. The number of carbonyl (C=O) groups is 3. The van der Waals surface area contributed by atoms with Crippen molar-refractivity contribution >= 4 is 68.2 Å². The van der Waals surface area contributed by atoms with E-state index in [1.54, 1.807) is 6.92 Å². The van der Waals surface area contributed by atoms with E-state index in [-0.39, 0.29) is 27.4 Å². The molecule has 0 spiro atoms. The number of thiazole rings is 1. The van der Waals surface area contributed by atoms with Crippen LogP contribution in [0.4, 0.5) is 10.3 Å². The summed E-state index contributed by atoms with van der Waals surface area (Å²) in [6.07, 6.45) is 0.00628. The van der Waals surface area contributed by atoms with E-state index < -0.39 is 41.6 Å². The number of benzene rings is 5. The first-order valence-corrected chi connectivity index (χ1v) is 22.8. The highest BCUT2D eigenvalue weighted by Crippen LogP contribution is 2.45. The molecule has 1 fully saturated rings. The minimum atomic E-state index is -1.32. The van der Waals surface area contributed by atoms with E-state index in [2.05, 4.69) is 25.7 Å². The second-order valence-electron chi connectivity index (χ2n) is 14.9. The zero-order valence-electron chi connectivity index (χ0n) is 34.2. The maximum absolute atomic E-state index is 14.7. The molecule has 9 rings (SSSR count). The molecule has 5 N–H and O–H groups in total. The average Bonchev–Trinajstić information content (AvgIpc) is 3.91. The number of thioether (sulfide) groups is 1. The fourth-order valence-corrected chi connectivity index (χ4v) is 10.6. The van der Waals surface area contributed by atoms with Crippen LogP contribution in [0.3, 0.4) is 0 Å². The van der Waals surface area contributed by atoms with Crippen LogP contribution in [0.25, 0.3) is 0 Å². The molecule has 16 heteroatoms. The van der Waals surface area contributed by atoms with Crippen molar-refractivity contribution in [3.8, 4) is 0 Å². The number of aromatic nitrogens is 3. The lowest BCUT2D eigenvalue weighted by Gasteiger charge is -2.50. The van der Waals surface area contributed by atoms with Crippen molar-refractivity contribution in [3.05, 3.63) is 201 Å². The van der Waals surface area contributed by atoms with Gasteiger partial charge < -0.3 is 26.4 Å². The van der Waals surface area contributed by atoms with Crippen molar-refractivity contribution in [3.63, 3.8) is 0 Å². The Kier molecular flexibility index (Phi) is 12.1. The molecule has 4 heterocycles. The Bertz CT molecular complexity index is 2720. The minimum absolute atomic E-state index is 0.0705. The third-order valence-electron chi connectivity index (χ3n) is 11.0. The van der Waals surface area contributed by atoms with Crippen LogP contribution in [0, 0.1) is 6.92 Å². The van der Waals surface area contributed by atoms with Crippen LogP contribution in [0.5, 0.6) is 0 Å². The number of carbonyl (C=O) groups excluding carboxylic acids is 3. The summed E-state index contributed by atoms with van der Waals surface area (Å²) in [5.74, 6) is -1.91. The zero-order chi connectivity index (χ0) is 44.2. The van der Waals surface area contributed by atoms with Gasteiger partial charge in [-0.05, 0) is 30.9 Å². The summed E-state index contributed by atoms with van der Waals surface area (Å²) in [6, 6.07) is 46.0. The predicted molar refractivity (Wildman–Crippen MR) is 248 cm³/mol. The van der Waals surface area contributed by atoms with E-state index in [0.29, 0.717) is 27.0 Å². The predicted octanol–water partition coefficient (Wildman–Crippen LogP) is 8.01. The normalized spacial score (nSPS) is 16.2. The van der Waals surface area contributed by atoms with Gasteiger partial charge in [0, 0.05) is 26.5 Å². The van der Waals surface area contributed by atoms with Crippen LogP contribution in [-0.4, -0.2) is 55.7 Å². The summed E-state index contributed by atoms with van der Waals surface area (Å²) in [4.78, 5) is 57.7. The Hall–Kier alpha value is -7.14. The Morgan fingerprint density at radius 3 is 1.80 bits per heavy atom. The molecule has 5 aromatic carbocycles. The van der Waals surface area contributed by atoms with Crippen molar-refractivity contribution < 1.29 is 24.0 Å². The van der Waals surface area contributed by atoms with Gasteiger partial charge in [-0.15, -0.1) is 21.5 Å². The molecule has 2 aliphatic heterocycles. The number of nitrogen functional groups attached to an aromatic ring is 2. The molecule has 1 saturated heterocycles. The number of nitrogens with zero attached hydrogens (tertiary/aromatic N) is 5. The van der Waals surface area contributed by atoms with Crippen molar-refractivity contribution in [1.82, 2.24) is 25.4 Å². The van der Waals surface area contributed by atoms with Crippen LogP contribution in [0.1, 0.15) is 57.3 Å². The topological polar surface area (TPSA) is 188 Å². The Morgan fingerprint density at radius 2 is 1.31 bits per heavy atom. The van der Waals surface area contributed by atoms with Gasteiger partial charge in [-0.1, -0.05) is 180 Å². The highest BCUT2D eigenvalue weighted by Gasteiger charge is 2.54. The largest absolute Gasteiger partial charge is 0.448 e. The van der Waals surface area contributed by atoms with Crippen LogP contribution < -0.4 is 16.8 Å². The molecule has 0 aliphatic carbocycles. The van der Waals surface area contributed by atoms with E-state index in [9.17, 15) is 14.4 Å². The number of amides is 2. The summed E-state index contributed by atoms with van der Waals surface area (Å²) < 4.78 is 6.84. The number of hydrogen-bond donors (Lipinski definition) is 3. The quantitative estimate of drug-likeness (QED) is 0.0315. The summed E-state index contributed by atoms with van der Waals surface area (Å²) in [6.45, 7) is 1.79. The van der Waals surface area contributed by atoms with Gasteiger partial charge in [0.1, 0.15) is 17.4 Å². The third kappa shape index (κ3) is 8.25. The number of aryl methyl sites for hydroxylation is 1. The molecule has 2 amide bonds. The molecule has 64 heavy (non-hydrogen) atoms. The van der Waals surface area contributed by atoms with Gasteiger partial charge in [0.25, 0.3) is 11.8 Å². The van der Waals surface area contributed by atoms with Gasteiger partial charge in [0.15, 0.2) is 21.3 Å². The number of rotatable bonds is 14. The standard InChI is InChI=1S/C48H40N8O5S3/c1-29-37(52-45(49)62-29)39(55-61-48(32-21-11-4-12-22-32,33-23-13-5-14-24-33)34-25-15-6-16-26-34)42(57)51-38-35-27-28-36(63-47-54-53-46(50)64-47)40(56(35)43(38)58)44(59)60-41(30-17-7-2-8-18-30)31-19-9-3-10-20-31/h2-26,35,38,41H,27-28H2,1H3,(H2,49,52)(H2,50,53)(H,51,57)/b55-39-/t35?,38-/m1/s1. The smallest absolute Gasteiger partial charge is 0.356 e. The molecule has 0 saturated carbocycles. The second kappa shape index (κ2) is 18.3. The fourth-order valence-electron chi connectivity index (χ4n) is 8.06. The highest BCUT2D eigenvalue weighted by atomic mass is 32.2. The molecule has 1 unspecified atom stereocenters. The molecule has 7 aromatic rings. The summed E-state index contributed by atoms with van der Waals surface area (Å²) in [5.41, 5.74) is 14.7. The van der Waals surface area contributed by atoms with E-state index >= 15 is 0 Å². The molecule has 13 nitrogen and oxygen atoms in total. The lowest BCUT2D eigenvalue weighted by molar-refractivity contribution is -0.158. The van der Waals surface area contributed by atoms with Gasteiger partial charge in [0.05, 0.1) is 6.04 Å². The Labute approximate surface area is 380 Å².